The van der Waals surface area contributed by atoms with E-state index in [9.17, 15) is 9.59 Å². The van der Waals surface area contributed by atoms with Gasteiger partial charge in [0, 0.05) is 6.54 Å². The zero-order chi connectivity index (χ0) is 13.4. The second kappa shape index (κ2) is 4.64. The van der Waals surface area contributed by atoms with Crippen LogP contribution in [0.3, 0.4) is 0 Å². The van der Waals surface area contributed by atoms with E-state index >= 15 is 0 Å². The minimum Gasteiger partial charge on any atom is -0.478 e. The second-order valence-corrected chi connectivity index (χ2v) is 5.16. The second-order valence-electron chi connectivity index (χ2n) is 5.16. The smallest absolute Gasteiger partial charge is 0.335 e. The first-order valence-corrected chi connectivity index (χ1v) is 6.68. The Morgan fingerprint density at radius 2 is 2.21 bits per heavy atom. The largest absolute Gasteiger partial charge is 0.478 e. The van der Waals surface area contributed by atoms with Crippen LogP contribution in [0.1, 0.15) is 25.7 Å². The number of aliphatic carboxylic acids is 1. The maximum atomic E-state index is 12.4. The number of carbonyl (C=O) groups excluding carboxylic acids is 1. The predicted octanol–water partition coefficient (Wildman–Crippen LogP) is 1.37. The molecule has 1 aliphatic carbocycles. The van der Waals surface area contributed by atoms with Crippen LogP contribution in [0.15, 0.2) is 28.8 Å². The van der Waals surface area contributed by atoms with Crippen molar-refractivity contribution in [1.82, 2.24) is 4.90 Å². The summed E-state index contributed by atoms with van der Waals surface area (Å²) < 4.78 is 0. The van der Waals surface area contributed by atoms with Gasteiger partial charge in [-0.1, -0.05) is 18.6 Å². The summed E-state index contributed by atoms with van der Waals surface area (Å²) in [6, 6.07) is 0. The number of amides is 1. The summed E-state index contributed by atoms with van der Waals surface area (Å²) in [4.78, 5) is 29.9. The van der Waals surface area contributed by atoms with Gasteiger partial charge in [-0.2, -0.15) is 0 Å². The summed E-state index contributed by atoms with van der Waals surface area (Å²) in [6.45, 7) is 0.764. The summed E-state index contributed by atoms with van der Waals surface area (Å²) in [5.74, 6) is -1.31. The van der Waals surface area contributed by atoms with Gasteiger partial charge >= 0.3 is 5.97 Å². The fraction of sp³-hybridized carbons (Fsp3) is 0.500. The molecule has 1 saturated heterocycles. The highest BCUT2D eigenvalue weighted by molar-refractivity contribution is 6.16. The van der Waals surface area contributed by atoms with Gasteiger partial charge in [0.1, 0.15) is 6.17 Å². The molecular formula is C14H16N2O3. The van der Waals surface area contributed by atoms with E-state index in [-0.39, 0.29) is 17.6 Å². The molecule has 1 fully saturated rings. The number of allylic oxidation sites excluding steroid dienone is 1. The maximum Gasteiger partial charge on any atom is 0.335 e. The van der Waals surface area contributed by atoms with Gasteiger partial charge in [-0.05, 0) is 25.3 Å². The Hall–Kier alpha value is -1.91. The molecule has 2 aliphatic heterocycles. The molecule has 0 aromatic heterocycles. The van der Waals surface area contributed by atoms with Crippen molar-refractivity contribution in [2.75, 3.05) is 6.54 Å². The molecule has 19 heavy (non-hydrogen) atoms. The van der Waals surface area contributed by atoms with Gasteiger partial charge in [-0.25, -0.2) is 4.79 Å². The highest BCUT2D eigenvalue weighted by atomic mass is 16.4. The number of carboxylic acids is 1. The normalized spacial score (nSPS) is 29.9. The Labute approximate surface area is 111 Å². The highest BCUT2D eigenvalue weighted by Gasteiger charge is 2.37. The van der Waals surface area contributed by atoms with Gasteiger partial charge in [0.2, 0.25) is 5.91 Å². The molecule has 2 unspecified atom stereocenters. The Bertz CT molecular complexity index is 519. The van der Waals surface area contributed by atoms with Crippen molar-refractivity contribution >= 4 is 17.6 Å². The van der Waals surface area contributed by atoms with Crippen LogP contribution >= 0.6 is 0 Å². The van der Waals surface area contributed by atoms with E-state index in [1.807, 2.05) is 4.90 Å². The number of fused-ring (bicyclic) bond motifs is 2. The van der Waals surface area contributed by atoms with Crippen LogP contribution in [0.2, 0.25) is 0 Å². The third-order valence-electron chi connectivity index (χ3n) is 3.91. The summed E-state index contributed by atoms with van der Waals surface area (Å²) >= 11 is 0. The van der Waals surface area contributed by atoms with E-state index in [4.69, 9.17) is 5.11 Å². The zero-order valence-corrected chi connectivity index (χ0v) is 10.6. The van der Waals surface area contributed by atoms with Crippen molar-refractivity contribution in [2.24, 2.45) is 10.9 Å². The molecule has 100 valence electrons. The number of rotatable bonds is 1. The number of carboxylic acid groups (broad SMARTS) is 1. The van der Waals surface area contributed by atoms with E-state index in [1.165, 1.54) is 12.2 Å². The third-order valence-corrected chi connectivity index (χ3v) is 3.91. The molecule has 0 aromatic rings. The van der Waals surface area contributed by atoms with Crippen molar-refractivity contribution in [1.29, 1.82) is 0 Å². The molecule has 3 rings (SSSR count). The van der Waals surface area contributed by atoms with Gasteiger partial charge in [-0.3, -0.25) is 9.79 Å². The number of nitrogens with zero attached hydrogens (tertiary/aromatic N) is 2. The minimum absolute atomic E-state index is 0.0637. The Morgan fingerprint density at radius 1 is 1.37 bits per heavy atom. The highest BCUT2D eigenvalue weighted by Crippen LogP contribution is 2.28. The van der Waals surface area contributed by atoms with E-state index in [1.54, 1.807) is 6.08 Å². The topological polar surface area (TPSA) is 70.0 Å². The van der Waals surface area contributed by atoms with Crippen LogP contribution in [0.4, 0.5) is 0 Å². The molecule has 0 saturated carbocycles. The number of aliphatic imine (C=N–C) groups is 1. The summed E-state index contributed by atoms with van der Waals surface area (Å²) in [6.07, 6.45) is 8.70. The fourth-order valence-electron chi connectivity index (χ4n) is 2.89. The molecular weight excluding hydrogens is 244 g/mol. The number of hydrogen-bond donors (Lipinski definition) is 1. The lowest BCUT2D eigenvalue weighted by Crippen LogP contribution is -2.48. The third kappa shape index (κ3) is 2.09. The first-order valence-electron chi connectivity index (χ1n) is 6.68. The van der Waals surface area contributed by atoms with Gasteiger partial charge < -0.3 is 10.0 Å². The maximum absolute atomic E-state index is 12.4. The van der Waals surface area contributed by atoms with Gasteiger partial charge in [-0.15, -0.1) is 0 Å². The Morgan fingerprint density at radius 3 is 3.00 bits per heavy atom. The predicted molar refractivity (Wildman–Crippen MR) is 69.8 cm³/mol. The summed E-state index contributed by atoms with van der Waals surface area (Å²) in [7, 11) is 0. The van der Waals surface area contributed by atoms with E-state index in [2.05, 4.69) is 4.99 Å². The van der Waals surface area contributed by atoms with E-state index in [0.717, 1.165) is 32.2 Å². The Balaban J connectivity index is 1.96. The van der Waals surface area contributed by atoms with Crippen molar-refractivity contribution in [3.05, 3.63) is 23.8 Å². The van der Waals surface area contributed by atoms with Gasteiger partial charge in [0.25, 0.3) is 0 Å². The minimum atomic E-state index is -0.979. The van der Waals surface area contributed by atoms with Crippen molar-refractivity contribution < 1.29 is 14.7 Å². The molecule has 5 nitrogen and oxygen atoms in total. The van der Waals surface area contributed by atoms with Crippen molar-refractivity contribution in [3.8, 4) is 0 Å². The van der Waals surface area contributed by atoms with Gasteiger partial charge in [0.05, 0.1) is 17.2 Å². The summed E-state index contributed by atoms with van der Waals surface area (Å²) in [5, 5.41) is 9.00. The van der Waals surface area contributed by atoms with E-state index in [0.29, 0.717) is 5.71 Å². The molecule has 0 aromatic carbocycles. The standard InChI is InChI=1S/C14H16N2O3/c17-13-10-6-5-9(14(18)19)8-11(10)15-12-4-2-1-3-7-16(12)13/h5-6,8,10,12H,1-4,7H2,(H,18,19). The molecule has 1 N–H and O–H groups in total. The molecule has 3 aliphatic rings. The average molecular weight is 260 g/mol. The first-order chi connectivity index (χ1) is 9.16. The van der Waals surface area contributed by atoms with Crippen LogP contribution in [0.5, 0.6) is 0 Å². The lowest BCUT2D eigenvalue weighted by atomic mass is 9.91. The lowest BCUT2D eigenvalue weighted by Gasteiger charge is -2.35. The van der Waals surface area contributed by atoms with E-state index < -0.39 is 11.9 Å². The molecule has 5 heteroatoms. The van der Waals surface area contributed by atoms with Crippen molar-refractivity contribution in [2.45, 2.75) is 31.8 Å². The molecule has 2 atom stereocenters. The van der Waals surface area contributed by atoms with Crippen LogP contribution in [-0.4, -0.2) is 40.3 Å². The van der Waals surface area contributed by atoms with Crippen LogP contribution in [0, 0.1) is 5.92 Å². The zero-order valence-electron chi connectivity index (χ0n) is 10.6. The van der Waals surface area contributed by atoms with Gasteiger partial charge in [0.15, 0.2) is 0 Å². The number of carbonyl (C=O) groups is 2. The first kappa shape index (κ1) is 12.1. The van der Waals surface area contributed by atoms with Crippen molar-refractivity contribution in [3.63, 3.8) is 0 Å². The molecule has 1 amide bonds. The number of hydrogen-bond acceptors (Lipinski definition) is 3. The molecule has 0 spiro atoms. The van der Waals surface area contributed by atoms with Crippen LogP contribution in [-0.2, 0) is 9.59 Å². The molecule has 0 radical (unpaired) electrons. The average Bonchev–Trinajstić information content (AvgIpc) is 2.63. The lowest BCUT2D eigenvalue weighted by molar-refractivity contribution is -0.135. The Kier molecular flexibility index (Phi) is 2.97. The summed E-state index contributed by atoms with van der Waals surface area (Å²) in [5.41, 5.74) is 0.804. The quantitative estimate of drug-likeness (QED) is 0.774. The SMILES string of the molecule is O=C(O)C1=CC2=NC3CCCCCN3C(=O)C2C=C1. The molecule has 0 bridgehead atoms. The fourth-order valence-corrected chi connectivity index (χ4v) is 2.89. The van der Waals surface area contributed by atoms with Crippen LogP contribution < -0.4 is 0 Å². The molecule has 2 heterocycles. The van der Waals surface area contributed by atoms with Crippen LogP contribution in [0.25, 0.3) is 0 Å². The monoisotopic (exact) mass is 260 g/mol.